The van der Waals surface area contributed by atoms with E-state index in [0.717, 1.165) is 25.1 Å². The summed E-state index contributed by atoms with van der Waals surface area (Å²) in [6.07, 6.45) is 3.80. The Hall–Kier alpha value is -1.63. The topological polar surface area (TPSA) is 68.3 Å². The molecule has 1 N–H and O–H groups in total. The average molecular weight is 351 g/mol. The van der Waals surface area contributed by atoms with Gasteiger partial charge in [-0.3, -0.25) is 4.98 Å². The summed E-state index contributed by atoms with van der Waals surface area (Å²) in [7, 11) is -3.66. The normalized spacial score (nSPS) is 23.0. The van der Waals surface area contributed by atoms with Gasteiger partial charge in [-0.25, -0.2) is 8.42 Å². The number of pyridine rings is 1. The molecule has 4 rings (SSSR count). The minimum atomic E-state index is -3.66. The summed E-state index contributed by atoms with van der Waals surface area (Å²) in [5, 5.41) is 3.59. The maximum absolute atomic E-state index is 12.7. The molecule has 0 bridgehead atoms. The largest absolute Gasteiger partial charge is 0.488 e. The van der Waals surface area contributed by atoms with Gasteiger partial charge in [0.1, 0.15) is 11.9 Å². The molecule has 1 fully saturated rings. The summed E-state index contributed by atoms with van der Waals surface area (Å²) in [5.74, 6) is 1.01. The Morgan fingerprint density at radius 1 is 1.22 bits per heavy atom. The van der Waals surface area contributed by atoms with Crippen LogP contribution >= 0.6 is 11.6 Å². The number of nitrogens with one attached hydrogen (secondary N) is 1. The highest BCUT2D eigenvalue weighted by atomic mass is 35.5. The fourth-order valence-corrected chi connectivity index (χ4v) is 4.74. The smallest absolute Gasteiger partial charge is 0.208 e. The lowest BCUT2D eigenvalue weighted by Gasteiger charge is -2.24. The molecule has 120 valence electrons. The number of halogens is 1. The van der Waals surface area contributed by atoms with Crippen LogP contribution in [0.25, 0.3) is 0 Å². The molecule has 2 unspecified atom stereocenters. The van der Waals surface area contributed by atoms with Crippen molar-refractivity contribution >= 4 is 21.4 Å². The van der Waals surface area contributed by atoms with Crippen molar-refractivity contribution in [1.29, 1.82) is 0 Å². The summed E-state index contributed by atoms with van der Waals surface area (Å²) in [5.41, 5.74) is 1.10. The molecule has 2 aliphatic rings. The van der Waals surface area contributed by atoms with E-state index in [1.165, 1.54) is 18.5 Å². The number of hydrogen-bond acceptors (Lipinski definition) is 5. The average Bonchev–Trinajstić information content (AvgIpc) is 2.92. The van der Waals surface area contributed by atoms with Crippen LogP contribution in [-0.2, 0) is 9.84 Å². The van der Waals surface area contributed by atoms with Gasteiger partial charge in [0, 0.05) is 30.4 Å². The Morgan fingerprint density at radius 2 is 2.09 bits per heavy atom. The molecule has 0 radical (unpaired) electrons. The molecule has 23 heavy (non-hydrogen) atoms. The van der Waals surface area contributed by atoms with Crippen LogP contribution in [0.4, 0.5) is 0 Å². The van der Waals surface area contributed by atoms with Gasteiger partial charge in [0.15, 0.2) is 0 Å². The third kappa shape index (κ3) is 2.51. The summed E-state index contributed by atoms with van der Waals surface area (Å²) < 4.78 is 31.4. The van der Waals surface area contributed by atoms with Gasteiger partial charge in [-0.05, 0) is 31.2 Å². The van der Waals surface area contributed by atoms with Crippen LogP contribution in [0.2, 0.25) is 5.02 Å². The second kappa shape index (κ2) is 5.47. The van der Waals surface area contributed by atoms with Crippen molar-refractivity contribution in [3.05, 3.63) is 47.2 Å². The fourth-order valence-electron chi connectivity index (χ4n) is 3.24. The van der Waals surface area contributed by atoms with Gasteiger partial charge in [-0.15, -0.1) is 0 Å². The molecular weight excluding hydrogens is 336 g/mol. The molecule has 0 aliphatic carbocycles. The highest BCUT2D eigenvalue weighted by molar-refractivity contribution is 7.91. The first-order chi connectivity index (χ1) is 11.1. The van der Waals surface area contributed by atoms with E-state index in [4.69, 9.17) is 16.3 Å². The van der Waals surface area contributed by atoms with Crippen LogP contribution < -0.4 is 10.1 Å². The predicted octanol–water partition coefficient (Wildman–Crippen LogP) is 2.41. The number of hydrogen-bond donors (Lipinski definition) is 1. The second-order valence-electron chi connectivity index (χ2n) is 5.80. The van der Waals surface area contributed by atoms with Crippen LogP contribution in [0.5, 0.6) is 5.75 Å². The van der Waals surface area contributed by atoms with E-state index >= 15 is 0 Å². The number of ether oxygens (including phenoxy) is 1. The van der Waals surface area contributed by atoms with Gasteiger partial charge in [-0.1, -0.05) is 17.7 Å². The zero-order valence-electron chi connectivity index (χ0n) is 12.2. The molecule has 1 aromatic carbocycles. The SMILES string of the molecule is O=S(=O)(c1cncc(Cl)c1)c1ccc2c(c1)OC1CNCCC21. The highest BCUT2D eigenvalue weighted by Gasteiger charge is 2.36. The highest BCUT2D eigenvalue weighted by Crippen LogP contribution is 2.42. The van der Waals surface area contributed by atoms with Crippen LogP contribution in [0, 0.1) is 0 Å². The molecule has 5 nitrogen and oxygen atoms in total. The lowest BCUT2D eigenvalue weighted by molar-refractivity contribution is 0.176. The number of rotatable bonds is 2. The van der Waals surface area contributed by atoms with E-state index in [0.29, 0.717) is 16.7 Å². The van der Waals surface area contributed by atoms with Gasteiger partial charge in [-0.2, -0.15) is 0 Å². The number of fused-ring (bicyclic) bond motifs is 3. The summed E-state index contributed by atoms with van der Waals surface area (Å²) in [6.45, 7) is 1.75. The molecule has 1 aromatic heterocycles. The molecule has 3 heterocycles. The molecule has 1 saturated heterocycles. The predicted molar refractivity (Wildman–Crippen MR) is 85.8 cm³/mol. The van der Waals surface area contributed by atoms with Crippen LogP contribution in [-0.4, -0.2) is 32.6 Å². The zero-order chi connectivity index (χ0) is 16.0. The Morgan fingerprint density at radius 3 is 2.91 bits per heavy atom. The first-order valence-electron chi connectivity index (χ1n) is 7.43. The summed E-state index contributed by atoms with van der Waals surface area (Å²) in [6, 6.07) is 6.53. The molecule has 2 aliphatic heterocycles. The summed E-state index contributed by atoms with van der Waals surface area (Å²) >= 11 is 5.86. The Balaban J connectivity index is 1.74. The quantitative estimate of drug-likeness (QED) is 0.900. The molecule has 7 heteroatoms. The van der Waals surface area contributed by atoms with E-state index in [2.05, 4.69) is 10.3 Å². The molecule has 0 saturated carbocycles. The number of piperidine rings is 1. The Labute approximate surface area is 139 Å². The van der Waals surface area contributed by atoms with Crippen molar-refractivity contribution in [2.75, 3.05) is 13.1 Å². The van der Waals surface area contributed by atoms with E-state index in [1.54, 1.807) is 12.1 Å². The second-order valence-corrected chi connectivity index (χ2v) is 8.18. The van der Waals surface area contributed by atoms with E-state index in [9.17, 15) is 8.42 Å². The van der Waals surface area contributed by atoms with Gasteiger partial charge in [0.2, 0.25) is 9.84 Å². The van der Waals surface area contributed by atoms with E-state index in [-0.39, 0.29) is 15.9 Å². The zero-order valence-corrected chi connectivity index (χ0v) is 13.8. The number of sulfone groups is 1. The van der Waals surface area contributed by atoms with Crippen molar-refractivity contribution < 1.29 is 13.2 Å². The van der Waals surface area contributed by atoms with E-state index in [1.807, 2.05) is 6.07 Å². The maximum atomic E-state index is 12.7. The molecule has 2 aromatic rings. The van der Waals surface area contributed by atoms with Crippen LogP contribution in [0.1, 0.15) is 17.9 Å². The number of nitrogens with zero attached hydrogens (tertiary/aromatic N) is 1. The Bertz CT molecular complexity index is 869. The van der Waals surface area contributed by atoms with Gasteiger partial charge >= 0.3 is 0 Å². The van der Waals surface area contributed by atoms with Gasteiger partial charge in [0.05, 0.1) is 14.8 Å². The van der Waals surface area contributed by atoms with Crippen LogP contribution in [0.15, 0.2) is 46.5 Å². The van der Waals surface area contributed by atoms with Crippen molar-refractivity contribution in [2.45, 2.75) is 28.2 Å². The number of aromatic nitrogens is 1. The minimum Gasteiger partial charge on any atom is -0.488 e. The maximum Gasteiger partial charge on any atom is 0.208 e. The third-order valence-corrected chi connectivity index (χ3v) is 6.31. The fraction of sp³-hybridized carbons (Fsp3) is 0.312. The van der Waals surface area contributed by atoms with Crippen molar-refractivity contribution in [3.8, 4) is 5.75 Å². The summed E-state index contributed by atoms with van der Waals surface area (Å²) in [4.78, 5) is 4.14. The van der Waals surface area contributed by atoms with Crippen molar-refractivity contribution in [2.24, 2.45) is 0 Å². The standard InChI is InChI=1S/C16H15ClN2O3S/c17-10-5-12(8-19-7-10)23(20,21)11-1-2-13-14-3-4-18-9-16(14)22-15(13)6-11/h1-2,5-8,14,16,18H,3-4,9H2. The van der Waals surface area contributed by atoms with Gasteiger partial charge < -0.3 is 10.1 Å². The molecule has 2 atom stereocenters. The van der Waals surface area contributed by atoms with Crippen LogP contribution in [0.3, 0.4) is 0 Å². The monoisotopic (exact) mass is 350 g/mol. The molecular formula is C16H15ClN2O3S. The minimum absolute atomic E-state index is 0.0852. The van der Waals surface area contributed by atoms with Crippen molar-refractivity contribution in [1.82, 2.24) is 10.3 Å². The van der Waals surface area contributed by atoms with E-state index < -0.39 is 9.84 Å². The lowest BCUT2D eigenvalue weighted by Crippen LogP contribution is -2.39. The molecule has 0 spiro atoms. The molecule has 0 amide bonds. The third-order valence-electron chi connectivity index (χ3n) is 4.39. The number of benzene rings is 1. The first-order valence-corrected chi connectivity index (χ1v) is 9.29. The lowest BCUT2D eigenvalue weighted by atomic mass is 9.90. The first kappa shape index (κ1) is 14.9. The van der Waals surface area contributed by atoms with Crippen molar-refractivity contribution in [3.63, 3.8) is 0 Å². The Kier molecular flexibility index (Phi) is 3.55. The van der Waals surface area contributed by atoms with Gasteiger partial charge in [0.25, 0.3) is 0 Å².